The molecule has 5 atom stereocenters. The molecule has 22 heavy (non-hydrogen) atoms. The zero-order valence-corrected chi connectivity index (χ0v) is 12.1. The van der Waals surface area contributed by atoms with Crippen LogP contribution in [-0.4, -0.2) is 45.9 Å². The summed E-state index contributed by atoms with van der Waals surface area (Å²) in [4.78, 5) is 30.2. The number of aliphatic hydroxyl groups is 2. The third-order valence-corrected chi connectivity index (χ3v) is 3.62. The lowest BCUT2D eigenvalue weighted by atomic mass is 10.1. The number of carbonyl (C=O) groups is 1. The van der Waals surface area contributed by atoms with Gasteiger partial charge in [0.2, 0.25) is 0 Å². The highest BCUT2D eigenvalue weighted by atomic mass is 31.2. The Hall–Kier alpha value is -1.39. The summed E-state index contributed by atoms with van der Waals surface area (Å²) in [7, 11) is -4.97. The normalized spacial score (nSPS) is 30.9. The summed E-state index contributed by atoms with van der Waals surface area (Å²) in [5.74, 6) is -0.685. The van der Waals surface area contributed by atoms with E-state index in [1.54, 1.807) is 0 Å². The molecule has 10 nitrogen and oxygen atoms in total. The maximum absolute atomic E-state index is 11.1. The SMILES string of the molecule is NC(=O)c1ccc[n+]([C@@H]2O[C@H](COP(=O)([O-])O)[C@H](O)[C@H]2O)c1. The number of primary amides is 1. The highest BCUT2D eigenvalue weighted by Gasteiger charge is 2.48. The third kappa shape index (κ3) is 3.87. The molecule has 122 valence electrons. The van der Waals surface area contributed by atoms with Gasteiger partial charge in [0.1, 0.15) is 17.8 Å². The zero-order chi connectivity index (χ0) is 16.5. The van der Waals surface area contributed by atoms with Gasteiger partial charge >= 0.3 is 0 Å². The van der Waals surface area contributed by atoms with Crippen molar-refractivity contribution in [2.24, 2.45) is 5.73 Å². The van der Waals surface area contributed by atoms with Crippen LogP contribution in [0.3, 0.4) is 0 Å². The van der Waals surface area contributed by atoms with Gasteiger partial charge in [-0.15, -0.1) is 0 Å². The van der Waals surface area contributed by atoms with Crippen LogP contribution < -0.4 is 15.2 Å². The summed E-state index contributed by atoms with van der Waals surface area (Å²) in [5, 5.41) is 19.8. The summed E-state index contributed by atoms with van der Waals surface area (Å²) in [5.41, 5.74) is 5.31. The van der Waals surface area contributed by atoms with E-state index in [1.807, 2.05) is 0 Å². The number of amides is 1. The zero-order valence-electron chi connectivity index (χ0n) is 11.2. The Morgan fingerprint density at radius 1 is 1.50 bits per heavy atom. The average Bonchev–Trinajstić information content (AvgIpc) is 2.72. The van der Waals surface area contributed by atoms with Gasteiger partial charge < -0.3 is 35.0 Å². The van der Waals surface area contributed by atoms with Gasteiger partial charge in [-0.05, 0) is 6.07 Å². The first kappa shape index (κ1) is 17.0. The van der Waals surface area contributed by atoms with E-state index in [0.717, 1.165) is 0 Å². The van der Waals surface area contributed by atoms with Crippen LogP contribution in [-0.2, 0) is 13.8 Å². The van der Waals surface area contributed by atoms with Gasteiger partial charge in [-0.2, -0.15) is 4.57 Å². The topological polar surface area (TPSA) is 166 Å². The Labute approximate surface area is 124 Å². The van der Waals surface area contributed by atoms with Crippen LogP contribution >= 0.6 is 7.82 Å². The molecule has 1 unspecified atom stereocenters. The molecule has 1 saturated heterocycles. The minimum Gasteiger partial charge on any atom is -0.756 e. The maximum Gasteiger partial charge on any atom is 0.292 e. The summed E-state index contributed by atoms with van der Waals surface area (Å²) < 4.78 is 21.3. The first-order chi connectivity index (χ1) is 10.2. The van der Waals surface area contributed by atoms with Gasteiger partial charge in [0.15, 0.2) is 18.5 Å². The fourth-order valence-corrected chi connectivity index (χ4v) is 2.41. The van der Waals surface area contributed by atoms with Crippen LogP contribution in [0.5, 0.6) is 0 Å². The lowest BCUT2D eigenvalue weighted by molar-refractivity contribution is -0.765. The number of pyridine rings is 1. The molecule has 0 aromatic carbocycles. The Kier molecular flexibility index (Phi) is 4.93. The van der Waals surface area contributed by atoms with Crippen molar-refractivity contribution in [3.05, 3.63) is 30.1 Å². The second-order valence-electron chi connectivity index (χ2n) is 4.71. The molecule has 0 aliphatic carbocycles. The van der Waals surface area contributed by atoms with Crippen LogP contribution in [0.4, 0.5) is 0 Å². The van der Waals surface area contributed by atoms with Gasteiger partial charge in [-0.3, -0.25) is 9.36 Å². The second-order valence-corrected chi connectivity index (χ2v) is 5.91. The number of aliphatic hydroxyl groups excluding tert-OH is 2. The number of ether oxygens (including phenoxy) is 1. The molecule has 1 amide bonds. The molecule has 1 aliphatic heterocycles. The molecule has 2 heterocycles. The number of nitrogens with zero attached hydrogens (tertiary/aromatic N) is 1. The number of nitrogens with two attached hydrogens (primary N) is 1. The summed E-state index contributed by atoms with van der Waals surface area (Å²) in [6.45, 7) is -0.665. The van der Waals surface area contributed by atoms with Crippen LogP contribution in [0, 0.1) is 0 Å². The van der Waals surface area contributed by atoms with Crippen molar-refractivity contribution in [3.63, 3.8) is 0 Å². The minimum atomic E-state index is -4.97. The van der Waals surface area contributed by atoms with Crippen molar-refractivity contribution in [1.29, 1.82) is 0 Å². The van der Waals surface area contributed by atoms with Crippen LogP contribution in [0.15, 0.2) is 24.5 Å². The average molecular weight is 334 g/mol. The Bertz CT molecular complexity index is 606. The first-order valence-electron chi connectivity index (χ1n) is 6.19. The van der Waals surface area contributed by atoms with Crippen molar-refractivity contribution in [2.45, 2.75) is 24.5 Å². The van der Waals surface area contributed by atoms with E-state index in [9.17, 15) is 24.5 Å². The number of carbonyl (C=O) groups excluding carboxylic acids is 1. The van der Waals surface area contributed by atoms with Gasteiger partial charge in [-0.1, -0.05) is 0 Å². The molecule has 2 rings (SSSR count). The molecule has 0 bridgehead atoms. The van der Waals surface area contributed by atoms with Gasteiger partial charge in [0.25, 0.3) is 20.0 Å². The van der Waals surface area contributed by atoms with Crippen molar-refractivity contribution >= 4 is 13.7 Å². The lowest BCUT2D eigenvalue weighted by Gasteiger charge is -2.19. The Morgan fingerprint density at radius 3 is 2.77 bits per heavy atom. The number of aromatic nitrogens is 1. The van der Waals surface area contributed by atoms with E-state index in [4.69, 9.17) is 15.4 Å². The molecule has 5 N–H and O–H groups in total. The second kappa shape index (κ2) is 6.39. The lowest BCUT2D eigenvalue weighted by Crippen LogP contribution is -2.46. The molecular weight excluding hydrogens is 319 g/mol. The van der Waals surface area contributed by atoms with E-state index in [2.05, 4.69) is 4.52 Å². The minimum absolute atomic E-state index is 0.159. The van der Waals surface area contributed by atoms with E-state index in [-0.39, 0.29) is 5.56 Å². The summed E-state index contributed by atoms with van der Waals surface area (Å²) in [6, 6.07) is 2.95. The number of rotatable bonds is 5. The largest absolute Gasteiger partial charge is 0.756 e. The quantitative estimate of drug-likeness (QED) is 0.330. The highest BCUT2D eigenvalue weighted by molar-refractivity contribution is 7.44. The summed E-state index contributed by atoms with van der Waals surface area (Å²) in [6.07, 6.45) is -2.31. The smallest absolute Gasteiger partial charge is 0.292 e. The molecule has 1 fully saturated rings. The Morgan fingerprint density at radius 2 is 2.18 bits per heavy atom. The predicted molar refractivity (Wildman–Crippen MR) is 66.9 cm³/mol. The van der Waals surface area contributed by atoms with Crippen LogP contribution in [0.1, 0.15) is 16.6 Å². The van der Waals surface area contributed by atoms with Crippen molar-refractivity contribution in [2.75, 3.05) is 6.61 Å². The van der Waals surface area contributed by atoms with Crippen LogP contribution in [0.2, 0.25) is 0 Å². The number of hydrogen-bond donors (Lipinski definition) is 4. The molecule has 1 aromatic heterocycles. The number of phosphoric acid groups is 1. The molecule has 0 radical (unpaired) electrons. The fourth-order valence-electron chi connectivity index (χ4n) is 2.08. The monoisotopic (exact) mass is 334 g/mol. The van der Waals surface area contributed by atoms with Crippen molar-refractivity contribution < 1.29 is 43.2 Å². The van der Waals surface area contributed by atoms with Crippen molar-refractivity contribution in [1.82, 2.24) is 0 Å². The molecule has 1 aliphatic rings. The molecule has 0 spiro atoms. The van der Waals surface area contributed by atoms with E-state index >= 15 is 0 Å². The number of phosphoric ester groups is 1. The standard InChI is InChI=1S/C11H15N2O8P/c12-10(16)6-2-1-3-13(4-6)11-9(15)8(14)7(21-11)5-20-22(17,18)19/h1-4,7-9,11,14-15H,5H2,(H3-,12,16,17,18,19)/t7-,8+,9-,11-/m1/s1. The highest BCUT2D eigenvalue weighted by Crippen LogP contribution is 2.33. The van der Waals surface area contributed by atoms with E-state index in [0.29, 0.717) is 0 Å². The molecular formula is C11H15N2O8P. The molecule has 11 heteroatoms. The third-order valence-electron chi connectivity index (χ3n) is 3.14. The first-order valence-corrected chi connectivity index (χ1v) is 7.69. The van der Waals surface area contributed by atoms with E-state index in [1.165, 1.54) is 29.1 Å². The predicted octanol–water partition coefficient (Wildman–Crippen LogP) is -2.83. The Balaban J connectivity index is 2.14. The van der Waals surface area contributed by atoms with Crippen LogP contribution in [0.25, 0.3) is 0 Å². The maximum atomic E-state index is 11.1. The van der Waals surface area contributed by atoms with Gasteiger partial charge in [0, 0.05) is 6.07 Å². The van der Waals surface area contributed by atoms with Crippen molar-refractivity contribution in [3.8, 4) is 0 Å². The van der Waals surface area contributed by atoms with Gasteiger partial charge in [0.05, 0.1) is 6.61 Å². The van der Waals surface area contributed by atoms with Gasteiger partial charge in [-0.25, -0.2) is 0 Å². The number of hydrogen-bond acceptors (Lipinski definition) is 7. The molecule has 0 saturated carbocycles. The molecule has 1 aromatic rings. The van der Waals surface area contributed by atoms with E-state index < -0.39 is 44.9 Å². The summed E-state index contributed by atoms with van der Waals surface area (Å²) >= 11 is 0. The fraction of sp³-hybridized carbons (Fsp3) is 0.455.